The number of rotatable bonds is 9. The topological polar surface area (TPSA) is 75.7 Å². The first-order valence-electron chi connectivity index (χ1n) is 9.47. The van der Waals surface area contributed by atoms with Gasteiger partial charge in [-0.15, -0.1) is 0 Å². The Morgan fingerprint density at radius 1 is 1.03 bits per heavy atom. The number of benzene rings is 3. The maximum atomic E-state index is 13.3. The van der Waals surface area contributed by atoms with Crippen molar-refractivity contribution in [1.82, 2.24) is 0 Å². The maximum absolute atomic E-state index is 13.3. The first kappa shape index (κ1) is 24.5. The summed E-state index contributed by atoms with van der Waals surface area (Å²) in [4.78, 5) is 12.9. The van der Waals surface area contributed by atoms with E-state index in [1.165, 1.54) is 37.4 Å². The number of thioether (sulfide) groups is 1. The lowest BCUT2D eigenvalue weighted by molar-refractivity contribution is -0.114. The molecule has 0 atom stereocenters. The lowest BCUT2D eigenvalue weighted by Gasteiger charge is -2.25. The van der Waals surface area contributed by atoms with Gasteiger partial charge < -0.3 is 10.1 Å². The molecule has 33 heavy (non-hydrogen) atoms. The largest absolute Gasteiger partial charge is 0.495 e. The third-order valence-corrected chi connectivity index (χ3v) is 6.90. The summed E-state index contributed by atoms with van der Waals surface area (Å²) in [5.74, 6) is -3.65. The zero-order valence-electron chi connectivity index (χ0n) is 17.2. The highest BCUT2D eigenvalue weighted by atomic mass is 32.2. The van der Waals surface area contributed by atoms with Crippen LogP contribution in [0.1, 0.15) is 0 Å². The van der Waals surface area contributed by atoms with Crippen LogP contribution in [0.4, 0.5) is 24.5 Å². The van der Waals surface area contributed by atoms with Crippen molar-refractivity contribution >= 4 is 39.1 Å². The number of nitrogens with one attached hydrogen (secondary N) is 1. The second-order valence-electron chi connectivity index (χ2n) is 6.59. The molecule has 6 nitrogen and oxygen atoms in total. The van der Waals surface area contributed by atoms with Crippen LogP contribution in [0.25, 0.3) is 0 Å². The minimum atomic E-state index is -4.27. The predicted molar refractivity (Wildman–Crippen MR) is 121 cm³/mol. The van der Waals surface area contributed by atoms with Crippen molar-refractivity contribution in [1.29, 1.82) is 0 Å². The van der Waals surface area contributed by atoms with E-state index in [0.717, 1.165) is 28.6 Å². The van der Waals surface area contributed by atoms with E-state index in [9.17, 15) is 26.4 Å². The van der Waals surface area contributed by atoms with Crippen LogP contribution < -0.4 is 14.4 Å². The van der Waals surface area contributed by atoms with Gasteiger partial charge in [0.05, 0.1) is 17.7 Å². The second kappa shape index (κ2) is 10.6. The maximum Gasteiger partial charge on any atom is 0.288 e. The Hall–Kier alpha value is -3.18. The number of methoxy groups -OCH3 is 1. The van der Waals surface area contributed by atoms with Gasteiger partial charge >= 0.3 is 0 Å². The van der Waals surface area contributed by atoms with Gasteiger partial charge in [0.15, 0.2) is 0 Å². The minimum Gasteiger partial charge on any atom is -0.495 e. The number of nitrogens with zero attached hydrogens (tertiary/aromatic N) is 1. The average Bonchev–Trinajstić information content (AvgIpc) is 2.78. The highest BCUT2D eigenvalue weighted by molar-refractivity contribution is 7.99. The first-order chi connectivity index (χ1) is 15.7. The van der Waals surface area contributed by atoms with Crippen LogP contribution in [0.2, 0.25) is 0 Å². The van der Waals surface area contributed by atoms with Crippen LogP contribution in [0.3, 0.4) is 0 Å². The van der Waals surface area contributed by atoms with Crippen molar-refractivity contribution in [3.05, 3.63) is 78.6 Å². The molecule has 3 aromatic rings. The number of carbonyl (C=O) groups is 1. The molecular weight excluding hydrogens is 477 g/mol. The minimum absolute atomic E-state index is 0.114. The van der Waals surface area contributed by atoms with Crippen molar-refractivity contribution in [2.24, 2.45) is 0 Å². The summed E-state index contributed by atoms with van der Waals surface area (Å²) in [5, 5.41) is 2.55. The molecule has 0 saturated heterocycles. The van der Waals surface area contributed by atoms with Gasteiger partial charge in [0.25, 0.3) is 15.8 Å². The monoisotopic (exact) mass is 496 g/mol. The molecule has 0 saturated carbocycles. The van der Waals surface area contributed by atoms with Crippen molar-refractivity contribution in [2.75, 3.05) is 23.3 Å². The Morgan fingerprint density at radius 2 is 1.67 bits per heavy atom. The summed E-state index contributed by atoms with van der Waals surface area (Å²) >= 11 is 0.366. The summed E-state index contributed by atoms with van der Waals surface area (Å²) in [6, 6.07) is 16.2. The Labute approximate surface area is 193 Å². The van der Waals surface area contributed by atoms with Crippen molar-refractivity contribution in [2.45, 2.75) is 15.5 Å². The number of anilines is 2. The van der Waals surface area contributed by atoms with E-state index in [1.54, 1.807) is 18.2 Å². The van der Waals surface area contributed by atoms with Gasteiger partial charge in [-0.3, -0.25) is 9.10 Å². The quantitative estimate of drug-likeness (QED) is 0.423. The SMILES string of the molecule is COc1ccccc1N(CC(=O)Nc1ccc(SC(F)F)cc1)S(=O)(=O)c1ccc(F)cc1. The molecule has 0 heterocycles. The molecule has 0 bridgehead atoms. The standard InChI is InChI=1S/C22H19F3N2O4S2/c1-31-20-5-3-2-4-19(20)27(33(29,30)18-12-6-15(23)7-13-18)14-21(28)26-16-8-10-17(11-9-16)32-22(24)25/h2-13,22H,14H2,1H3,(H,26,28). The fourth-order valence-electron chi connectivity index (χ4n) is 2.92. The van der Waals surface area contributed by atoms with Crippen LogP contribution >= 0.6 is 11.8 Å². The highest BCUT2D eigenvalue weighted by Gasteiger charge is 2.29. The average molecular weight is 497 g/mol. The molecule has 0 unspecified atom stereocenters. The van der Waals surface area contributed by atoms with Gasteiger partial charge in [-0.1, -0.05) is 23.9 Å². The van der Waals surface area contributed by atoms with Crippen molar-refractivity contribution < 1.29 is 31.1 Å². The number of alkyl halides is 2. The molecule has 3 aromatic carbocycles. The van der Waals surface area contributed by atoms with Gasteiger partial charge in [0, 0.05) is 10.6 Å². The summed E-state index contributed by atoms with van der Waals surface area (Å²) in [5.41, 5.74) is 0.418. The van der Waals surface area contributed by atoms with E-state index in [4.69, 9.17) is 4.74 Å². The molecule has 1 N–H and O–H groups in total. The smallest absolute Gasteiger partial charge is 0.288 e. The van der Waals surface area contributed by atoms with E-state index in [2.05, 4.69) is 5.32 Å². The molecule has 0 radical (unpaired) electrons. The third kappa shape index (κ3) is 6.20. The van der Waals surface area contributed by atoms with E-state index in [0.29, 0.717) is 22.3 Å². The van der Waals surface area contributed by atoms with E-state index < -0.39 is 34.0 Å². The molecule has 0 aliphatic carbocycles. The summed E-state index contributed by atoms with van der Waals surface area (Å²) in [6.45, 7) is -0.617. The molecule has 0 aliphatic heterocycles. The fraction of sp³-hybridized carbons (Fsp3) is 0.136. The van der Waals surface area contributed by atoms with Crippen LogP contribution in [0.5, 0.6) is 5.75 Å². The number of sulfonamides is 1. The summed E-state index contributed by atoms with van der Waals surface area (Å²) in [6.07, 6.45) is 0. The Balaban J connectivity index is 1.90. The zero-order valence-corrected chi connectivity index (χ0v) is 18.9. The molecule has 174 valence electrons. The van der Waals surface area contributed by atoms with Gasteiger partial charge in [-0.05, 0) is 60.7 Å². The van der Waals surface area contributed by atoms with Gasteiger partial charge in [0.1, 0.15) is 18.1 Å². The van der Waals surface area contributed by atoms with Crippen LogP contribution in [0.15, 0.2) is 82.6 Å². The van der Waals surface area contributed by atoms with Gasteiger partial charge in [-0.25, -0.2) is 12.8 Å². The molecule has 3 rings (SSSR count). The molecule has 0 aromatic heterocycles. The summed E-state index contributed by atoms with van der Waals surface area (Å²) < 4.78 is 71.1. The number of ether oxygens (including phenoxy) is 1. The third-order valence-electron chi connectivity index (χ3n) is 4.41. The molecule has 11 heteroatoms. The van der Waals surface area contributed by atoms with Gasteiger partial charge in [0.2, 0.25) is 5.91 Å². The molecular formula is C22H19F3N2O4S2. The van der Waals surface area contributed by atoms with Gasteiger partial charge in [-0.2, -0.15) is 8.78 Å². The fourth-order valence-corrected chi connectivity index (χ4v) is 4.85. The Morgan fingerprint density at radius 3 is 2.27 bits per heavy atom. The molecule has 1 amide bonds. The molecule has 0 fully saturated rings. The number of amides is 1. The number of para-hydroxylation sites is 2. The van der Waals surface area contributed by atoms with Crippen LogP contribution in [-0.2, 0) is 14.8 Å². The lowest BCUT2D eigenvalue weighted by Crippen LogP contribution is -2.38. The number of hydrogen-bond donors (Lipinski definition) is 1. The van der Waals surface area contributed by atoms with Crippen molar-refractivity contribution in [3.63, 3.8) is 0 Å². The Bertz CT molecular complexity index is 1210. The van der Waals surface area contributed by atoms with E-state index in [1.807, 2.05) is 0 Å². The lowest BCUT2D eigenvalue weighted by atomic mass is 10.3. The van der Waals surface area contributed by atoms with E-state index in [-0.39, 0.29) is 16.3 Å². The molecule has 0 spiro atoms. The predicted octanol–water partition coefficient (Wildman–Crippen LogP) is 4.98. The number of halogens is 3. The normalized spacial score (nSPS) is 11.3. The zero-order chi connectivity index (χ0) is 24.0. The van der Waals surface area contributed by atoms with E-state index >= 15 is 0 Å². The number of hydrogen-bond acceptors (Lipinski definition) is 5. The Kier molecular flexibility index (Phi) is 7.88. The molecule has 0 aliphatic rings. The highest BCUT2D eigenvalue weighted by Crippen LogP contribution is 2.32. The second-order valence-corrected chi connectivity index (χ2v) is 9.51. The first-order valence-corrected chi connectivity index (χ1v) is 11.8. The van der Waals surface area contributed by atoms with Crippen LogP contribution in [0, 0.1) is 5.82 Å². The van der Waals surface area contributed by atoms with Crippen LogP contribution in [-0.4, -0.2) is 33.7 Å². The number of carbonyl (C=O) groups excluding carboxylic acids is 1. The summed E-state index contributed by atoms with van der Waals surface area (Å²) in [7, 11) is -2.91. The van der Waals surface area contributed by atoms with Crippen molar-refractivity contribution in [3.8, 4) is 5.75 Å².